The number of para-hydroxylation sites is 1. The first kappa shape index (κ1) is 30.8. The molecule has 2 heterocycles. The molecular formula is C41H43N5. The van der Waals surface area contributed by atoms with Gasteiger partial charge in [-0.3, -0.25) is 0 Å². The van der Waals surface area contributed by atoms with Crippen molar-refractivity contribution in [1.82, 2.24) is 14.5 Å². The minimum Gasteiger partial charge on any atom is -0.381 e. The molecule has 4 aromatic carbocycles. The fourth-order valence-electron chi connectivity index (χ4n) is 6.65. The Labute approximate surface area is 272 Å². The Morgan fingerprint density at radius 3 is 2.22 bits per heavy atom. The van der Waals surface area contributed by atoms with E-state index in [2.05, 4.69) is 127 Å². The van der Waals surface area contributed by atoms with Gasteiger partial charge < -0.3 is 15.6 Å². The van der Waals surface area contributed by atoms with E-state index < -0.39 is 0 Å². The van der Waals surface area contributed by atoms with Crippen molar-refractivity contribution in [2.24, 2.45) is 0 Å². The van der Waals surface area contributed by atoms with Crippen molar-refractivity contribution in [3.05, 3.63) is 120 Å². The van der Waals surface area contributed by atoms with Crippen LogP contribution < -0.4 is 11.1 Å². The van der Waals surface area contributed by atoms with Gasteiger partial charge in [-0.2, -0.15) is 0 Å². The summed E-state index contributed by atoms with van der Waals surface area (Å²) in [5.74, 6) is 0.985. The van der Waals surface area contributed by atoms with Crippen LogP contribution in [-0.4, -0.2) is 14.5 Å². The second-order valence-electron chi connectivity index (χ2n) is 11.7. The molecule has 0 atom stereocenters. The number of allylic oxidation sites excluding steroid dienone is 4. The van der Waals surface area contributed by atoms with Crippen molar-refractivity contribution in [2.45, 2.75) is 59.8 Å². The smallest absolute Gasteiger partial charge is 0.174 e. The van der Waals surface area contributed by atoms with Gasteiger partial charge in [-0.05, 0) is 65.9 Å². The minimum absolute atomic E-state index is 0.231. The van der Waals surface area contributed by atoms with E-state index in [0.717, 1.165) is 41.0 Å². The first-order valence-corrected chi connectivity index (χ1v) is 16.5. The second kappa shape index (κ2) is 12.7. The number of nitrogens with one attached hydrogen (secondary N) is 1. The Morgan fingerprint density at radius 1 is 0.761 bits per heavy atom. The van der Waals surface area contributed by atoms with E-state index in [-0.39, 0.29) is 5.41 Å². The topological polar surface area (TPSA) is 68.8 Å². The van der Waals surface area contributed by atoms with E-state index in [1.165, 1.54) is 38.6 Å². The average molecular weight is 606 g/mol. The molecule has 232 valence electrons. The summed E-state index contributed by atoms with van der Waals surface area (Å²) in [4.78, 5) is 9.77. The van der Waals surface area contributed by atoms with Gasteiger partial charge >= 0.3 is 0 Å². The van der Waals surface area contributed by atoms with Gasteiger partial charge in [-0.15, -0.1) is 0 Å². The van der Waals surface area contributed by atoms with E-state index >= 15 is 0 Å². The Bertz CT molecular complexity index is 2090. The third kappa shape index (κ3) is 5.16. The van der Waals surface area contributed by atoms with Crippen LogP contribution in [0, 0.1) is 0 Å². The molecule has 0 saturated carbocycles. The molecule has 46 heavy (non-hydrogen) atoms. The summed E-state index contributed by atoms with van der Waals surface area (Å²) in [6, 6.07) is 32.3. The number of aromatic nitrogens is 3. The normalized spacial score (nSPS) is 14.0. The molecule has 8 rings (SSSR count). The molecule has 2 aliphatic rings. The summed E-state index contributed by atoms with van der Waals surface area (Å²) >= 11 is 0. The number of benzene rings is 4. The summed E-state index contributed by atoms with van der Waals surface area (Å²) in [5.41, 5.74) is 17.5. The van der Waals surface area contributed by atoms with Crippen LogP contribution in [0.4, 0.5) is 17.3 Å². The Kier molecular flexibility index (Phi) is 8.50. The number of hydrogen-bond donors (Lipinski definition) is 2. The van der Waals surface area contributed by atoms with Gasteiger partial charge in [0, 0.05) is 33.1 Å². The Balaban J connectivity index is 0.000000896. The largest absolute Gasteiger partial charge is 0.381 e. The first-order chi connectivity index (χ1) is 22.5. The molecule has 0 radical (unpaired) electrons. The summed E-state index contributed by atoms with van der Waals surface area (Å²) in [5, 5.41) is 5.96. The lowest BCUT2D eigenvalue weighted by atomic mass is 9.85. The number of anilines is 3. The van der Waals surface area contributed by atoms with E-state index in [1.807, 2.05) is 33.8 Å². The van der Waals surface area contributed by atoms with Crippen LogP contribution in [0.15, 0.2) is 109 Å². The van der Waals surface area contributed by atoms with Crippen LogP contribution in [0.25, 0.3) is 49.9 Å². The Morgan fingerprint density at radius 2 is 1.46 bits per heavy atom. The quantitative estimate of drug-likeness (QED) is 0.210. The monoisotopic (exact) mass is 605 g/mol. The maximum absolute atomic E-state index is 6.43. The first-order valence-electron chi connectivity index (χ1n) is 16.5. The van der Waals surface area contributed by atoms with Crippen molar-refractivity contribution in [1.29, 1.82) is 0 Å². The van der Waals surface area contributed by atoms with Crippen LogP contribution >= 0.6 is 0 Å². The molecule has 0 saturated heterocycles. The van der Waals surface area contributed by atoms with E-state index in [9.17, 15) is 0 Å². The highest BCUT2D eigenvalue weighted by atomic mass is 15.1. The molecule has 3 N–H and O–H groups in total. The molecule has 0 unspecified atom stereocenters. The minimum atomic E-state index is -0.231. The third-order valence-corrected chi connectivity index (χ3v) is 8.80. The lowest BCUT2D eigenvalue weighted by Crippen LogP contribution is -2.18. The molecule has 0 spiro atoms. The predicted octanol–water partition coefficient (Wildman–Crippen LogP) is 11.1. The van der Waals surface area contributed by atoms with E-state index in [0.29, 0.717) is 11.6 Å². The van der Waals surface area contributed by atoms with Gasteiger partial charge in [-0.25, -0.2) is 9.97 Å². The summed E-state index contributed by atoms with van der Waals surface area (Å²) in [6.07, 6.45) is 8.77. The highest BCUT2D eigenvalue weighted by molar-refractivity contribution is 6.11. The summed E-state index contributed by atoms with van der Waals surface area (Å²) < 4.78 is 2.42. The Hall–Kier alpha value is -5.16. The number of hydrogen-bond acceptors (Lipinski definition) is 4. The number of nitrogens with two attached hydrogens (primary N) is 1. The van der Waals surface area contributed by atoms with E-state index in [1.54, 1.807) is 0 Å². The lowest BCUT2D eigenvalue weighted by molar-refractivity contribution is 0.636. The third-order valence-electron chi connectivity index (χ3n) is 8.80. The van der Waals surface area contributed by atoms with Crippen LogP contribution in [0.3, 0.4) is 0 Å². The van der Waals surface area contributed by atoms with Crippen LogP contribution in [0.2, 0.25) is 0 Å². The molecule has 0 fully saturated rings. The van der Waals surface area contributed by atoms with Crippen molar-refractivity contribution < 1.29 is 0 Å². The number of nitrogen functional groups attached to an aromatic ring is 1. The molecule has 2 aromatic heterocycles. The van der Waals surface area contributed by atoms with E-state index in [4.69, 9.17) is 15.7 Å². The highest BCUT2D eigenvalue weighted by Crippen LogP contribution is 2.47. The van der Waals surface area contributed by atoms with Crippen molar-refractivity contribution >= 4 is 44.8 Å². The van der Waals surface area contributed by atoms with Gasteiger partial charge in [0.15, 0.2) is 11.6 Å². The molecule has 0 aliphatic heterocycles. The standard InChI is InChI=1S/C37H31N5.2C2H6/c1-37(2)30-14-8-6-13-28(30)33-34(37)41-35(38)36(40-33)39-25-19-16-23(17-20-25)24-18-21-32-29(22-24)27-12-7-9-15-31(27)42(32)26-10-4-3-5-11-26;2*1-2/h3-4,6-10,12-22H,5,11H2,1-2H3,(H2,38,41)(H,39,40);2*1-2H3. The fourth-order valence-corrected chi connectivity index (χ4v) is 6.65. The van der Waals surface area contributed by atoms with Crippen LogP contribution in [0.5, 0.6) is 0 Å². The lowest BCUT2D eigenvalue weighted by Gasteiger charge is -2.20. The number of rotatable bonds is 4. The maximum Gasteiger partial charge on any atom is 0.174 e. The molecule has 0 amide bonds. The number of fused-ring (bicyclic) bond motifs is 6. The van der Waals surface area contributed by atoms with Crippen LogP contribution in [0.1, 0.15) is 65.6 Å². The van der Waals surface area contributed by atoms with Gasteiger partial charge in [0.2, 0.25) is 0 Å². The summed E-state index contributed by atoms with van der Waals surface area (Å²) in [7, 11) is 0. The average Bonchev–Trinajstić information content (AvgIpc) is 3.55. The molecule has 5 nitrogen and oxygen atoms in total. The zero-order valence-corrected chi connectivity index (χ0v) is 27.7. The van der Waals surface area contributed by atoms with Gasteiger partial charge in [0.1, 0.15) is 0 Å². The van der Waals surface area contributed by atoms with Crippen molar-refractivity contribution in [2.75, 3.05) is 11.1 Å². The second-order valence-corrected chi connectivity index (χ2v) is 11.7. The number of nitrogens with zero attached hydrogens (tertiary/aromatic N) is 3. The maximum atomic E-state index is 6.43. The molecule has 5 heteroatoms. The highest BCUT2D eigenvalue weighted by Gasteiger charge is 2.38. The van der Waals surface area contributed by atoms with Crippen molar-refractivity contribution in [3.63, 3.8) is 0 Å². The fraction of sp³-hybridized carbons (Fsp3) is 0.220. The molecule has 2 aliphatic carbocycles. The van der Waals surface area contributed by atoms with Gasteiger partial charge in [0.05, 0.1) is 22.4 Å². The van der Waals surface area contributed by atoms with Crippen LogP contribution in [-0.2, 0) is 5.41 Å². The van der Waals surface area contributed by atoms with Gasteiger partial charge in [-0.1, -0.05) is 114 Å². The SMILES string of the molecule is CC.CC.CC1(C)c2ccccc2-c2nc(Nc3ccc(-c4ccc5c(c4)c4ccccc4n5C4=CC=CCC4)cc3)c(N)nc21. The van der Waals surface area contributed by atoms with Crippen molar-refractivity contribution in [3.8, 4) is 22.4 Å². The molecule has 0 bridgehead atoms. The molecular weight excluding hydrogens is 562 g/mol. The zero-order chi connectivity index (χ0) is 32.4. The predicted molar refractivity (Wildman–Crippen MR) is 198 cm³/mol. The summed E-state index contributed by atoms with van der Waals surface area (Å²) in [6.45, 7) is 12.4. The van der Waals surface area contributed by atoms with Gasteiger partial charge in [0.25, 0.3) is 0 Å². The molecule has 6 aromatic rings. The zero-order valence-electron chi connectivity index (χ0n) is 27.7.